The third kappa shape index (κ3) is 5.31. The van der Waals surface area contributed by atoms with Crippen molar-refractivity contribution in [2.75, 3.05) is 50.8 Å². The van der Waals surface area contributed by atoms with E-state index in [2.05, 4.69) is 41.0 Å². The van der Waals surface area contributed by atoms with Crippen molar-refractivity contribution in [3.05, 3.63) is 29.8 Å². The maximum Gasteiger partial charge on any atom is 0.305 e. The van der Waals surface area contributed by atoms with Crippen LogP contribution in [0.4, 0.5) is 5.69 Å². The summed E-state index contributed by atoms with van der Waals surface area (Å²) in [6.07, 6.45) is 1.18. The normalized spacial score (nSPS) is 15.7. The Morgan fingerprint density at radius 3 is 2.50 bits per heavy atom. The molecule has 0 unspecified atom stereocenters. The fraction of sp³-hybridized carbons (Fsp3) is 0.588. The minimum absolute atomic E-state index is 0.165. The number of carboxylic acids is 1. The molecule has 2 rings (SSSR count). The Labute approximate surface area is 132 Å². The fourth-order valence-electron chi connectivity index (χ4n) is 2.63. The lowest BCUT2D eigenvalue weighted by molar-refractivity contribution is -0.136. The third-order valence-corrected chi connectivity index (χ3v) is 4.10. The van der Waals surface area contributed by atoms with Gasteiger partial charge in [0.05, 0.1) is 19.6 Å². The Bertz CT molecular complexity index is 455. The fourth-order valence-corrected chi connectivity index (χ4v) is 2.63. The molecular weight excluding hydrogens is 280 g/mol. The van der Waals surface area contributed by atoms with Gasteiger partial charge in [-0.05, 0) is 24.1 Å². The van der Waals surface area contributed by atoms with Gasteiger partial charge in [0, 0.05) is 38.4 Å². The lowest BCUT2D eigenvalue weighted by atomic mass is 10.1. The molecule has 0 aromatic heterocycles. The highest BCUT2D eigenvalue weighted by Gasteiger charge is 2.14. The Morgan fingerprint density at radius 1 is 1.23 bits per heavy atom. The van der Waals surface area contributed by atoms with Crippen LogP contribution in [0.2, 0.25) is 0 Å². The third-order valence-electron chi connectivity index (χ3n) is 4.10. The van der Waals surface area contributed by atoms with Gasteiger partial charge in [0.25, 0.3) is 0 Å². The predicted octanol–water partition coefficient (Wildman–Crippen LogP) is 1.86. The van der Waals surface area contributed by atoms with E-state index in [1.54, 1.807) is 0 Å². The second kappa shape index (κ2) is 8.76. The topological polar surface area (TPSA) is 53.0 Å². The summed E-state index contributed by atoms with van der Waals surface area (Å²) in [4.78, 5) is 15.4. The molecule has 1 fully saturated rings. The molecular formula is C17H26N2O3. The number of aryl methyl sites for hydroxylation is 1. The molecule has 1 aliphatic rings. The van der Waals surface area contributed by atoms with Crippen LogP contribution in [0.1, 0.15) is 18.9 Å². The Balaban J connectivity index is 1.95. The van der Waals surface area contributed by atoms with Crippen LogP contribution in [0, 0.1) is 0 Å². The molecule has 5 heteroatoms. The summed E-state index contributed by atoms with van der Waals surface area (Å²) in [6.45, 7) is 7.97. The van der Waals surface area contributed by atoms with Crippen molar-refractivity contribution in [1.82, 2.24) is 4.90 Å². The van der Waals surface area contributed by atoms with Crippen molar-refractivity contribution in [3.8, 4) is 0 Å². The number of nitrogens with zero attached hydrogens (tertiary/aromatic N) is 2. The van der Waals surface area contributed by atoms with Crippen molar-refractivity contribution in [2.24, 2.45) is 0 Å². The number of morpholine rings is 1. The number of benzene rings is 1. The van der Waals surface area contributed by atoms with Crippen LogP contribution < -0.4 is 4.90 Å². The zero-order chi connectivity index (χ0) is 15.8. The summed E-state index contributed by atoms with van der Waals surface area (Å²) in [5, 5.41) is 8.95. The minimum Gasteiger partial charge on any atom is -0.481 e. The second-order valence-electron chi connectivity index (χ2n) is 5.60. The van der Waals surface area contributed by atoms with Crippen LogP contribution >= 0.6 is 0 Å². The molecule has 1 aromatic carbocycles. The molecule has 1 saturated heterocycles. The first-order valence-corrected chi connectivity index (χ1v) is 8.05. The van der Waals surface area contributed by atoms with Crippen molar-refractivity contribution in [3.63, 3.8) is 0 Å². The number of ether oxygens (including phenoxy) is 1. The Kier molecular flexibility index (Phi) is 6.68. The minimum atomic E-state index is -0.749. The van der Waals surface area contributed by atoms with Gasteiger partial charge in [0.15, 0.2) is 0 Å². The molecule has 22 heavy (non-hydrogen) atoms. The van der Waals surface area contributed by atoms with Crippen molar-refractivity contribution >= 4 is 11.7 Å². The average Bonchev–Trinajstić information content (AvgIpc) is 2.56. The second-order valence-corrected chi connectivity index (χ2v) is 5.60. The van der Waals surface area contributed by atoms with E-state index in [9.17, 15) is 4.79 Å². The van der Waals surface area contributed by atoms with E-state index in [1.807, 2.05) is 0 Å². The van der Waals surface area contributed by atoms with E-state index < -0.39 is 5.97 Å². The molecule has 1 aromatic rings. The quantitative estimate of drug-likeness (QED) is 0.794. The van der Waals surface area contributed by atoms with Gasteiger partial charge in [0.1, 0.15) is 0 Å². The van der Waals surface area contributed by atoms with Crippen LogP contribution in [-0.2, 0) is 16.0 Å². The van der Waals surface area contributed by atoms with Gasteiger partial charge < -0.3 is 14.7 Å². The van der Waals surface area contributed by atoms with E-state index in [1.165, 1.54) is 5.56 Å². The summed E-state index contributed by atoms with van der Waals surface area (Å²) in [7, 11) is 0. The van der Waals surface area contributed by atoms with E-state index in [4.69, 9.17) is 9.84 Å². The summed E-state index contributed by atoms with van der Waals surface area (Å²) in [6, 6.07) is 8.44. The highest BCUT2D eigenvalue weighted by Crippen LogP contribution is 2.16. The van der Waals surface area contributed by atoms with Crippen molar-refractivity contribution in [1.29, 1.82) is 0 Å². The van der Waals surface area contributed by atoms with Gasteiger partial charge >= 0.3 is 5.97 Å². The molecule has 0 bridgehead atoms. The number of hydrogen-bond donors (Lipinski definition) is 1. The molecule has 0 spiro atoms. The van der Waals surface area contributed by atoms with Gasteiger partial charge in [-0.1, -0.05) is 19.1 Å². The van der Waals surface area contributed by atoms with Gasteiger partial charge in [-0.25, -0.2) is 0 Å². The SMILES string of the molecule is CCc1ccc(N(CCC(=O)O)CCN2CCOCC2)cc1. The maximum absolute atomic E-state index is 10.9. The molecule has 5 nitrogen and oxygen atoms in total. The standard InChI is InChI=1S/C17H26N2O3/c1-2-15-3-5-16(6-4-15)19(8-7-17(20)21)10-9-18-11-13-22-14-12-18/h3-6H,2,7-14H2,1H3,(H,20,21). The van der Waals surface area contributed by atoms with Crippen LogP contribution in [0.25, 0.3) is 0 Å². The highest BCUT2D eigenvalue weighted by molar-refractivity contribution is 5.67. The van der Waals surface area contributed by atoms with Gasteiger partial charge in [-0.2, -0.15) is 0 Å². The molecule has 0 saturated carbocycles. The maximum atomic E-state index is 10.9. The van der Waals surface area contributed by atoms with E-state index in [-0.39, 0.29) is 6.42 Å². The van der Waals surface area contributed by atoms with Crippen LogP contribution in [-0.4, -0.2) is 61.9 Å². The smallest absolute Gasteiger partial charge is 0.305 e. The number of hydrogen-bond acceptors (Lipinski definition) is 4. The Hall–Kier alpha value is -1.59. The van der Waals surface area contributed by atoms with Crippen molar-refractivity contribution in [2.45, 2.75) is 19.8 Å². The van der Waals surface area contributed by atoms with Gasteiger partial charge in [-0.3, -0.25) is 9.69 Å². The summed E-state index contributed by atoms with van der Waals surface area (Å²) in [5.74, 6) is -0.749. The molecule has 0 amide bonds. The first-order valence-electron chi connectivity index (χ1n) is 8.05. The van der Waals surface area contributed by atoms with Gasteiger partial charge in [0.2, 0.25) is 0 Å². The van der Waals surface area contributed by atoms with Gasteiger partial charge in [-0.15, -0.1) is 0 Å². The number of carboxylic acid groups (broad SMARTS) is 1. The molecule has 1 N–H and O–H groups in total. The summed E-state index contributed by atoms with van der Waals surface area (Å²) in [5.41, 5.74) is 2.40. The first kappa shape index (κ1) is 16.8. The van der Waals surface area contributed by atoms with Crippen LogP contribution in [0.15, 0.2) is 24.3 Å². The zero-order valence-corrected chi connectivity index (χ0v) is 13.3. The molecule has 1 heterocycles. The van der Waals surface area contributed by atoms with E-state index in [0.717, 1.165) is 51.5 Å². The molecule has 1 aliphatic heterocycles. The van der Waals surface area contributed by atoms with E-state index in [0.29, 0.717) is 6.54 Å². The highest BCUT2D eigenvalue weighted by atomic mass is 16.5. The van der Waals surface area contributed by atoms with E-state index >= 15 is 0 Å². The lowest BCUT2D eigenvalue weighted by Crippen LogP contribution is -2.42. The first-order chi connectivity index (χ1) is 10.7. The number of carbonyl (C=O) groups is 1. The molecule has 0 atom stereocenters. The largest absolute Gasteiger partial charge is 0.481 e. The van der Waals surface area contributed by atoms with Crippen LogP contribution in [0.5, 0.6) is 0 Å². The molecule has 0 radical (unpaired) electrons. The lowest BCUT2D eigenvalue weighted by Gasteiger charge is -2.31. The number of aliphatic carboxylic acids is 1. The average molecular weight is 306 g/mol. The summed E-state index contributed by atoms with van der Waals surface area (Å²) >= 11 is 0. The number of anilines is 1. The van der Waals surface area contributed by atoms with Crippen molar-refractivity contribution < 1.29 is 14.6 Å². The van der Waals surface area contributed by atoms with Crippen LogP contribution in [0.3, 0.4) is 0 Å². The zero-order valence-electron chi connectivity index (χ0n) is 13.3. The summed E-state index contributed by atoms with van der Waals surface area (Å²) < 4.78 is 5.36. The predicted molar refractivity (Wildman–Crippen MR) is 87.5 cm³/mol. The Morgan fingerprint density at radius 2 is 1.91 bits per heavy atom. The monoisotopic (exact) mass is 306 g/mol. The number of rotatable bonds is 8. The molecule has 0 aliphatic carbocycles. The molecule has 122 valence electrons.